The molecule has 0 unspecified atom stereocenters. The van der Waals surface area contributed by atoms with Crippen molar-refractivity contribution in [1.29, 1.82) is 0 Å². The van der Waals surface area contributed by atoms with Gasteiger partial charge in [-0.05, 0) is 70.5 Å². The van der Waals surface area contributed by atoms with Crippen molar-refractivity contribution in [2.45, 2.75) is 39.5 Å². The fourth-order valence-electron chi connectivity index (χ4n) is 5.83. The van der Waals surface area contributed by atoms with Crippen LogP contribution in [-0.2, 0) is 18.9 Å². The lowest BCUT2D eigenvalue weighted by Gasteiger charge is -2.15. The Bertz CT molecular complexity index is 1700. The largest absolute Gasteiger partial charge is 0.493 e. The summed E-state index contributed by atoms with van der Waals surface area (Å²) in [5, 5.41) is 0. The lowest BCUT2D eigenvalue weighted by Crippen LogP contribution is -2.12. The van der Waals surface area contributed by atoms with E-state index in [2.05, 4.69) is 86.7 Å². The first-order chi connectivity index (χ1) is 29.5. The first-order valence-electron chi connectivity index (χ1n) is 20.8. The van der Waals surface area contributed by atoms with Crippen LogP contribution in [0.3, 0.4) is 0 Å². The van der Waals surface area contributed by atoms with Gasteiger partial charge in [-0.25, -0.2) is 0 Å². The molecule has 324 valence electrons. The van der Waals surface area contributed by atoms with Gasteiger partial charge in [0.25, 0.3) is 0 Å². The Labute approximate surface area is 357 Å². The molecule has 0 heterocycles. The van der Waals surface area contributed by atoms with E-state index in [0.29, 0.717) is 87.4 Å². The molecule has 0 spiro atoms. The minimum atomic E-state index is 0.369. The number of ether oxygens (including phenoxy) is 10. The molecule has 0 radical (unpaired) electrons. The predicted octanol–water partition coefficient (Wildman–Crippen LogP) is 10.7. The van der Waals surface area contributed by atoms with Gasteiger partial charge in [-0.1, -0.05) is 112 Å². The Morgan fingerprint density at radius 1 is 0.333 bits per heavy atom. The van der Waals surface area contributed by atoms with E-state index in [-0.39, 0.29) is 0 Å². The Morgan fingerprint density at radius 2 is 0.583 bits per heavy atom. The Hall–Kier alpha value is -5.26. The molecule has 0 aliphatic carbocycles. The number of unbranched alkanes of at least 4 members (excludes halogenated alkanes) is 2. The van der Waals surface area contributed by atoms with Gasteiger partial charge in [-0.2, -0.15) is 0 Å². The average molecular weight is 825 g/mol. The number of benzene rings is 4. The van der Waals surface area contributed by atoms with Crippen LogP contribution in [0.15, 0.2) is 72.8 Å². The molecule has 0 aliphatic rings. The second kappa shape index (κ2) is 28.3. The van der Waals surface area contributed by atoms with Crippen LogP contribution in [0.5, 0.6) is 34.5 Å². The molecule has 0 amide bonds. The van der Waals surface area contributed by atoms with E-state index < -0.39 is 0 Å². The van der Waals surface area contributed by atoms with Crippen molar-refractivity contribution in [2.24, 2.45) is 0 Å². The molecule has 0 aliphatic heterocycles. The van der Waals surface area contributed by atoms with Gasteiger partial charge in [0.05, 0.1) is 68.1 Å². The maximum Gasteiger partial charge on any atom is 0.203 e. The van der Waals surface area contributed by atoms with Gasteiger partial charge in [-0.15, -0.1) is 0 Å². The molecule has 0 atom stereocenters. The highest BCUT2D eigenvalue weighted by molar-refractivity contribution is 5.76. The third kappa shape index (κ3) is 16.8. The molecule has 4 aromatic carbocycles. The van der Waals surface area contributed by atoms with E-state index in [1.807, 2.05) is 36.4 Å². The molecule has 4 aromatic rings. The highest BCUT2D eigenvalue weighted by atomic mass is 16.6. The first-order valence-corrected chi connectivity index (χ1v) is 20.8. The summed E-state index contributed by atoms with van der Waals surface area (Å²) in [7, 11) is 6.49. The number of rotatable bonds is 30. The molecule has 4 rings (SSSR count). The van der Waals surface area contributed by atoms with Crippen LogP contribution in [0.25, 0.3) is 36.5 Å². The summed E-state index contributed by atoms with van der Waals surface area (Å²) in [6.07, 6.45) is 16.8. The highest BCUT2D eigenvalue weighted by Crippen LogP contribution is 2.40. The normalized spacial score (nSPS) is 11.5. The number of hydrogen-bond donors (Lipinski definition) is 0. The van der Waals surface area contributed by atoms with E-state index in [1.54, 1.807) is 28.4 Å². The van der Waals surface area contributed by atoms with Crippen LogP contribution in [0, 0.1) is 0 Å². The molecule has 0 fully saturated rings. The lowest BCUT2D eigenvalue weighted by molar-refractivity contribution is 0.0350. The maximum absolute atomic E-state index is 5.99. The van der Waals surface area contributed by atoms with Crippen molar-refractivity contribution >= 4 is 36.5 Å². The predicted molar refractivity (Wildman–Crippen MR) is 243 cm³/mol. The monoisotopic (exact) mass is 824 g/mol. The molecule has 60 heavy (non-hydrogen) atoms. The summed E-state index contributed by atoms with van der Waals surface area (Å²) in [5.74, 6) is 3.48. The molecular weight excluding hydrogens is 761 g/mol. The third-order valence-electron chi connectivity index (χ3n) is 9.22. The van der Waals surface area contributed by atoms with E-state index in [9.17, 15) is 0 Å². The van der Waals surface area contributed by atoms with Crippen molar-refractivity contribution < 1.29 is 47.4 Å². The molecule has 0 N–H and O–H groups in total. The number of methoxy groups -OCH3 is 4. The minimum Gasteiger partial charge on any atom is -0.493 e. The minimum absolute atomic E-state index is 0.369. The van der Waals surface area contributed by atoms with Crippen molar-refractivity contribution in [3.63, 3.8) is 0 Å². The van der Waals surface area contributed by atoms with Gasteiger partial charge >= 0.3 is 0 Å². The van der Waals surface area contributed by atoms with E-state index in [4.69, 9.17) is 47.4 Å². The highest BCUT2D eigenvalue weighted by Gasteiger charge is 2.15. The zero-order valence-electron chi connectivity index (χ0n) is 36.4. The topological polar surface area (TPSA) is 92.3 Å². The second-order valence-corrected chi connectivity index (χ2v) is 13.7. The third-order valence-corrected chi connectivity index (χ3v) is 9.22. The van der Waals surface area contributed by atoms with Crippen molar-refractivity contribution in [1.82, 2.24) is 0 Å². The molecule has 10 nitrogen and oxygen atoms in total. The Morgan fingerprint density at radius 3 is 0.850 bits per heavy atom. The molecule has 0 saturated heterocycles. The summed E-state index contributed by atoms with van der Waals surface area (Å²) < 4.78 is 56.9. The quantitative estimate of drug-likeness (QED) is 0.0374. The molecule has 10 heteroatoms. The summed E-state index contributed by atoms with van der Waals surface area (Å²) in [6, 6.07) is 24.5. The maximum atomic E-state index is 5.99. The standard InChI is InChI=1S/C50H64O10/c1-7-9-25-55-27-29-57-31-33-59-49-45(51-3)35-43(36-46(49)52-4)23-21-41-17-13-39(14-18-41)11-12-40-15-19-42(20-16-40)22-24-44-37-47(53-5)50(48(38-44)54-6)60-34-32-58-30-28-56-26-10-8-2/h11-24,35-38H,7-10,25-34H2,1-6H3/b12-11+,23-21+,24-22+. The fourth-order valence-corrected chi connectivity index (χ4v) is 5.83. The van der Waals surface area contributed by atoms with E-state index >= 15 is 0 Å². The van der Waals surface area contributed by atoms with Crippen molar-refractivity contribution in [2.75, 3.05) is 94.5 Å². The van der Waals surface area contributed by atoms with Crippen LogP contribution in [0.1, 0.15) is 72.9 Å². The van der Waals surface area contributed by atoms with Gasteiger partial charge in [-0.3, -0.25) is 0 Å². The average Bonchev–Trinajstić information content (AvgIpc) is 3.29. The van der Waals surface area contributed by atoms with Crippen LogP contribution < -0.4 is 28.4 Å². The van der Waals surface area contributed by atoms with Gasteiger partial charge < -0.3 is 47.4 Å². The smallest absolute Gasteiger partial charge is 0.203 e. The second-order valence-electron chi connectivity index (χ2n) is 13.7. The van der Waals surface area contributed by atoms with Crippen LogP contribution in [0.4, 0.5) is 0 Å². The van der Waals surface area contributed by atoms with Crippen LogP contribution in [0.2, 0.25) is 0 Å². The number of hydrogen-bond acceptors (Lipinski definition) is 10. The summed E-state index contributed by atoms with van der Waals surface area (Å²) >= 11 is 0. The molecule has 0 saturated carbocycles. The molecular formula is C50H64O10. The van der Waals surface area contributed by atoms with E-state index in [1.165, 1.54) is 0 Å². The zero-order chi connectivity index (χ0) is 42.6. The SMILES string of the molecule is CCCCOCCOCCOc1c(OC)cc(/C=C/c2ccc(/C=C/c3ccc(/C=C/c4cc(OC)c(OCCOCCOCCCC)c(OC)c4)cc3)cc2)cc1OC. The van der Waals surface area contributed by atoms with Gasteiger partial charge in [0.1, 0.15) is 13.2 Å². The Kier molecular flexibility index (Phi) is 22.3. The van der Waals surface area contributed by atoms with Crippen molar-refractivity contribution in [3.8, 4) is 34.5 Å². The van der Waals surface area contributed by atoms with Crippen molar-refractivity contribution in [3.05, 3.63) is 106 Å². The van der Waals surface area contributed by atoms with Crippen LogP contribution >= 0.6 is 0 Å². The fraction of sp³-hybridized carbons (Fsp3) is 0.400. The summed E-state index contributed by atoms with van der Waals surface area (Å²) in [5.41, 5.74) is 6.20. The van der Waals surface area contributed by atoms with Gasteiger partial charge in [0.15, 0.2) is 23.0 Å². The zero-order valence-corrected chi connectivity index (χ0v) is 36.4. The lowest BCUT2D eigenvalue weighted by atomic mass is 10.1. The van der Waals surface area contributed by atoms with Crippen LogP contribution in [-0.4, -0.2) is 94.5 Å². The summed E-state index contributed by atoms with van der Waals surface area (Å²) in [6.45, 7) is 9.67. The molecule has 0 bridgehead atoms. The van der Waals surface area contributed by atoms with E-state index in [0.717, 1.165) is 72.3 Å². The Balaban J connectivity index is 1.27. The van der Waals surface area contributed by atoms with Gasteiger partial charge in [0.2, 0.25) is 11.5 Å². The summed E-state index contributed by atoms with van der Waals surface area (Å²) in [4.78, 5) is 0. The van der Waals surface area contributed by atoms with Gasteiger partial charge in [0, 0.05) is 13.2 Å². The first kappa shape index (κ1) is 47.4. The molecule has 0 aromatic heterocycles.